The average Bonchev–Trinajstić information content (AvgIpc) is 2.48. The molecule has 0 bridgehead atoms. The number of nitrogens with one attached hydrogen (secondary N) is 1. The fraction of sp³-hybridized carbons (Fsp3) is 0.588. The van der Waals surface area contributed by atoms with Crippen LogP contribution in [0.4, 0.5) is 5.69 Å². The van der Waals surface area contributed by atoms with E-state index in [0.29, 0.717) is 6.61 Å². The summed E-state index contributed by atoms with van der Waals surface area (Å²) < 4.78 is 5.66. The van der Waals surface area contributed by atoms with Crippen LogP contribution in [0.5, 0.6) is 5.75 Å². The van der Waals surface area contributed by atoms with Crippen molar-refractivity contribution in [1.82, 2.24) is 0 Å². The SMILES string of the molecule is CCCCOc1cccc(NC(=O)C2CCCC(N)C2)c1. The number of carbonyl (C=O) groups is 1. The molecule has 0 aromatic heterocycles. The molecule has 1 aliphatic carbocycles. The lowest BCUT2D eigenvalue weighted by Crippen LogP contribution is -2.34. The van der Waals surface area contributed by atoms with Gasteiger partial charge in [0.1, 0.15) is 5.75 Å². The molecule has 2 atom stereocenters. The number of rotatable bonds is 6. The summed E-state index contributed by atoms with van der Waals surface area (Å²) in [5.41, 5.74) is 6.75. The van der Waals surface area contributed by atoms with Crippen LogP contribution >= 0.6 is 0 Å². The zero-order chi connectivity index (χ0) is 15.1. The van der Waals surface area contributed by atoms with Crippen molar-refractivity contribution in [2.75, 3.05) is 11.9 Å². The van der Waals surface area contributed by atoms with Crippen molar-refractivity contribution in [2.24, 2.45) is 11.7 Å². The highest BCUT2D eigenvalue weighted by Gasteiger charge is 2.25. The van der Waals surface area contributed by atoms with Crippen molar-refractivity contribution in [3.63, 3.8) is 0 Å². The first-order valence-electron chi connectivity index (χ1n) is 7.98. The van der Waals surface area contributed by atoms with Gasteiger partial charge in [0.15, 0.2) is 0 Å². The monoisotopic (exact) mass is 290 g/mol. The summed E-state index contributed by atoms with van der Waals surface area (Å²) in [5.74, 6) is 0.927. The average molecular weight is 290 g/mol. The van der Waals surface area contributed by atoms with Gasteiger partial charge in [-0.1, -0.05) is 25.8 Å². The van der Waals surface area contributed by atoms with Gasteiger partial charge in [-0.05, 0) is 37.8 Å². The topological polar surface area (TPSA) is 64.3 Å². The summed E-state index contributed by atoms with van der Waals surface area (Å²) in [4.78, 5) is 12.3. The highest BCUT2D eigenvalue weighted by molar-refractivity contribution is 5.92. The zero-order valence-electron chi connectivity index (χ0n) is 12.8. The van der Waals surface area contributed by atoms with Crippen LogP contribution < -0.4 is 15.8 Å². The summed E-state index contributed by atoms with van der Waals surface area (Å²) in [5, 5.41) is 2.99. The molecule has 0 heterocycles. The van der Waals surface area contributed by atoms with E-state index >= 15 is 0 Å². The molecule has 4 nitrogen and oxygen atoms in total. The highest BCUT2D eigenvalue weighted by atomic mass is 16.5. The molecule has 1 aromatic carbocycles. The number of anilines is 1. The van der Waals surface area contributed by atoms with Gasteiger partial charge in [0.05, 0.1) is 6.61 Å². The molecule has 116 valence electrons. The largest absolute Gasteiger partial charge is 0.494 e. The Balaban J connectivity index is 1.89. The van der Waals surface area contributed by atoms with Crippen LogP contribution in [0.1, 0.15) is 45.4 Å². The number of benzene rings is 1. The fourth-order valence-electron chi connectivity index (χ4n) is 2.71. The molecule has 1 saturated carbocycles. The number of nitrogens with two attached hydrogens (primary N) is 1. The molecule has 1 aromatic rings. The second-order valence-electron chi connectivity index (χ2n) is 5.84. The lowest BCUT2D eigenvalue weighted by molar-refractivity contribution is -0.120. The van der Waals surface area contributed by atoms with Crippen molar-refractivity contribution in [3.8, 4) is 5.75 Å². The van der Waals surface area contributed by atoms with Crippen LogP contribution in [-0.4, -0.2) is 18.6 Å². The van der Waals surface area contributed by atoms with Gasteiger partial charge in [-0.2, -0.15) is 0 Å². The lowest BCUT2D eigenvalue weighted by atomic mass is 9.85. The fourth-order valence-corrected chi connectivity index (χ4v) is 2.71. The number of hydrogen-bond acceptors (Lipinski definition) is 3. The summed E-state index contributed by atoms with van der Waals surface area (Å²) in [6.45, 7) is 2.85. The van der Waals surface area contributed by atoms with E-state index in [9.17, 15) is 4.79 Å². The van der Waals surface area contributed by atoms with Crippen LogP contribution in [0, 0.1) is 5.92 Å². The maximum atomic E-state index is 12.3. The molecule has 2 unspecified atom stereocenters. The molecule has 2 rings (SSSR count). The minimum atomic E-state index is 0.0402. The molecule has 1 fully saturated rings. The van der Waals surface area contributed by atoms with Gasteiger partial charge in [0.25, 0.3) is 0 Å². The van der Waals surface area contributed by atoms with E-state index < -0.39 is 0 Å². The quantitative estimate of drug-likeness (QED) is 0.790. The third-order valence-corrected chi connectivity index (χ3v) is 3.95. The molecule has 21 heavy (non-hydrogen) atoms. The van der Waals surface area contributed by atoms with Gasteiger partial charge in [0, 0.05) is 23.7 Å². The highest BCUT2D eigenvalue weighted by Crippen LogP contribution is 2.25. The van der Waals surface area contributed by atoms with E-state index in [1.54, 1.807) is 0 Å². The molecule has 0 spiro atoms. The van der Waals surface area contributed by atoms with Crippen LogP contribution in [0.2, 0.25) is 0 Å². The van der Waals surface area contributed by atoms with Gasteiger partial charge in [-0.3, -0.25) is 4.79 Å². The smallest absolute Gasteiger partial charge is 0.227 e. The minimum Gasteiger partial charge on any atom is -0.494 e. The minimum absolute atomic E-state index is 0.0402. The second kappa shape index (κ2) is 8.03. The van der Waals surface area contributed by atoms with Crippen molar-refractivity contribution in [2.45, 2.75) is 51.5 Å². The molecule has 0 saturated heterocycles. The standard InChI is InChI=1S/C17H26N2O2/c1-2-3-10-21-16-9-5-8-15(12-16)19-17(20)13-6-4-7-14(18)11-13/h5,8-9,12-14H,2-4,6-7,10-11,18H2,1H3,(H,19,20). The third kappa shape index (κ3) is 5.05. The van der Waals surface area contributed by atoms with E-state index in [0.717, 1.165) is 50.0 Å². The molecular formula is C17H26N2O2. The molecular weight excluding hydrogens is 264 g/mol. The van der Waals surface area contributed by atoms with Crippen LogP contribution in [-0.2, 0) is 4.79 Å². The Morgan fingerprint density at radius 2 is 2.29 bits per heavy atom. The number of carbonyl (C=O) groups excluding carboxylic acids is 1. The third-order valence-electron chi connectivity index (χ3n) is 3.95. The normalized spacial score (nSPS) is 21.8. The number of unbranched alkanes of at least 4 members (excludes halogenated alkanes) is 1. The van der Waals surface area contributed by atoms with Gasteiger partial charge < -0.3 is 15.8 Å². The van der Waals surface area contributed by atoms with Gasteiger partial charge in [-0.15, -0.1) is 0 Å². The Labute approximate surface area is 127 Å². The summed E-state index contributed by atoms with van der Waals surface area (Å²) in [7, 11) is 0. The van der Waals surface area contributed by atoms with Gasteiger partial charge in [0.2, 0.25) is 5.91 Å². The molecule has 1 amide bonds. The van der Waals surface area contributed by atoms with E-state index in [4.69, 9.17) is 10.5 Å². The van der Waals surface area contributed by atoms with E-state index in [-0.39, 0.29) is 17.9 Å². The zero-order valence-corrected chi connectivity index (χ0v) is 12.8. The van der Waals surface area contributed by atoms with E-state index in [2.05, 4.69) is 12.2 Å². The molecule has 0 aliphatic heterocycles. The van der Waals surface area contributed by atoms with Crippen molar-refractivity contribution in [1.29, 1.82) is 0 Å². The van der Waals surface area contributed by atoms with Crippen molar-refractivity contribution >= 4 is 11.6 Å². The van der Waals surface area contributed by atoms with Crippen LogP contribution in [0.25, 0.3) is 0 Å². The molecule has 3 N–H and O–H groups in total. The summed E-state index contributed by atoms with van der Waals surface area (Å²) in [6, 6.07) is 7.77. The van der Waals surface area contributed by atoms with Gasteiger partial charge >= 0.3 is 0 Å². The first-order chi connectivity index (χ1) is 10.2. The van der Waals surface area contributed by atoms with Crippen molar-refractivity contribution in [3.05, 3.63) is 24.3 Å². The molecule has 1 aliphatic rings. The van der Waals surface area contributed by atoms with E-state index in [1.165, 1.54) is 0 Å². The Hall–Kier alpha value is -1.55. The van der Waals surface area contributed by atoms with Crippen LogP contribution in [0.15, 0.2) is 24.3 Å². The van der Waals surface area contributed by atoms with Crippen LogP contribution in [0.3, 0.4) is 0 Å². The summed E-state index contributed by atoms with van der Waals surface area (Å²) in [6.07, 6.45) is 5.95. The Bertz CT molecular complexity index is 462. The Morgan fingerprint density at radius 3 is 3.05 bits per heavy atom. The predicted octanol–water partition coefficient (Wildman–Crippen LogP) is 3.32. The molecule has 4 heteroatoms. The van der Waals surface area contributed by atoms with Gasteiger partial charge in [-0.25, -0.2) is 0 Å². The van der Waals surface area contributed by atoms with Crippen molar-refractivity contribution < 1.29 is 9.53 Å². The Kier molecular flexibility index (Phi) is 6.05. The number of amides is 1. The summed E-state index contributed by atoms with van der Waals surface area (Å²) >= 11 is 0. The molecule has 0 radical (unpaired) electrons. The first kappa shape index (κ1) is 15.8. The van der Waals surface area contributed by atoms with E-state index in [1.807, 2.05) is 24.3 Å². The maximum Gasteiger partial charge on any atom is 0.227 e. The maximum absolute atomic E-state index is 12.3. The number of hydrogen-bond donors (Lipinski definition) is 2. The number of ether oxygens (including phenoxy) is 1. The predicted molar refractivity (Wildman–Crippen MR) is 85.4 cm³/mol. The first-order valence-corrected chi connectivity index (χ1v) is 7.98. The second-order valence-corrected chi connectivity index (χ2v) is 5.84. The Morgan fingerprint density at radius 1 is 1.43 bits per heavy atom. The lowest BCUT2D eigenvalue weighted by Gasteiger charge is -2.25.